The van der Waals surface area contributed by atoms with Crippen molar-refractivity contribution in [3.05, 3.63) is 80.4 Å². The Kier molecular flexibility index (Phi) is 7.82. The zero-order valence-electron chi connectivity index (χ0n) is 18.0. The van der Waals surface area contributed by atoms with Gasteiger partial charge in [0.1, 0.15) is 18.4 Å². The fourth-order valence-electron chi connectivity index (χ4n) is 3.34. The van der Waals surface area contributed by atoms with Gasteiger partial charge in [0, 0.05) is 41.7 Å². The second-order valence-electron chi connectivity index (χ2n) is 7.68. The number of halogens is 9. The average molecular weight is 814 g/mol. The molecule has 0 spiro atoms. The lowest BCUT2D eigenvalue weighted by Gasteiger charge is -2.33. The molecule has 0 bridgehead atoms. The van der Waals surface area contributed by atoms with Gasteiger partial charge in [-0.05, 0) is 69.8 Å². The highest BCUT2D eigenvalue weighted by Crippen LogP contribution is 2.31. The predicted octanol–water partition coefficient (Wildman–Crippen LogP) is 5.61. The lowest BCUT2D eigenvalue weighted by atomic mass is 10.2. The van der Waals surface area contributed by atoms with E-state index in [2.05, 4.69) is 25.9 Å². The van der Waals surface area contributed by atoms with Gasteiger partial charge < -0.3 is 4.90 Å². The first-order valence-corrected chi connectivity index (χ1v) is 13.1. The Morgan fingerprint density at radius 1 is 0.784 bits per heavy atom. The van der Waals surface area contributed by atoms with Gasteiger partial charge in [0.2, 0.25) is 0 Å². The molecular weight excluding hydrogens is 802 g/mol. The van der Waals surface area contributed by atoms with Gasteiger partial charge >= 0.3 is 12.4 Å². The van der Waals surface area contributed by atoms with Crippen molar-refractivity contribution in [3.63, 3.8) is 0 Å². The Morgan fingerprint density at radius 2 is 1.24 bits per heavy atom. The van der Waals surface area contributed by atoms with Crippen LogP contribution >= 0.6 is 61.1 Å². The number of nitrogens with zero attached hydrogens (tertiary/aromatic N) is 5. The normalized spacial score (nSPS) is 13.9. The first-order valence-electron chi connectivity index (χ1n) is 10.2. The summed E-state index contributed by atoms with van der Waals surface area (Å²) in [4.78, 5) is 32.8. The molecule has 0 aromatic carbocycles. The maximum absolute atomic E-state index is 12.9. The number of fused-ring (bicyclic) bond motifs is 2. The minimum atomic E-state index is -4.63. The van der Waals surface area contributed by atoms with E-state index in [0.29, 0.717) is 4.47 Å². The summed E-state index contributed by atoms with van der Waals surface area (Å²) in [7, 11) is 0. The van der Waals surface area contributed by atoms with Crippen molar-refractivity contribution in [2.45, 2.75) is 18.8 Å². The first-order chi connectivity index (χ1) is 17.2. The summed E-state index contributed by atoms with van der Waals surface area (Å²) in [5.41, 5.74) is -2.93. The van der Waals surface area contributed by atoms with Gasteiger partial charge in [0.15, 0.2) is 11.4 Å². The van der Waals surface area contributed by atoms with Gasteiger partial charge in [-0.25, -0.2) is 9.97 Å². The minimum Gasteiger partial charge on any atom is -0.371 e. The van der Waals surface area contributed by atoms with Gasteiger partial charge in [-0.1, -0.05) is 15.9 Å². The van der Waals surface area contributed by atoms with E-state index in [1.165, 1.54) is 69.7 Å². The molecule has 0 N–H and O–H groups in total. The maximum atomic E-state index is 12.9. The summed E-state index contributed by atoms with van der Waals surface area (Å²) >= 11 is 5.86. The molecule has 1 fully saturated rings. The van der Waals surface area contributed by atoms with Crippen LogP contribution in [0, 0.1) is 7.14 Å². The van der Waals surface area contributed by atoms with Crippen molar-refractivity contribution in [1.82, 2.24) is 18.8 Å². The van der Waals surface area contributed by atoms with Crippen LogP contribution in [0.1, 0.15) is 17.8 Å². The Morgan fingerprint density at radius 3 is 1.68 bits per heavy atom. The van der Waals surface area contributed by atoms with E-state index in [0.717, 1.165) is 34.0 Å². The molecule has 0 atom stereocenters. The highest BCUT2D eigenvalue weighted by Gasteiger charge is 2.37. The van der Waals surface area contributed by atoms with Crippen LogP contribution < -0.4 is 16.0 Å². The van der Waals surface area contributed by atoms with E-state index in [1.54, 1.807) is 12.1 Å². The van der Waals surface area contributed by atoms with E-state index in [1.807, 2.05) is 4.90 Å². The van der Waals surface area contributed by atoms with Crippen LogP contribution in [-0.4, -0.2) is 31.9 Å². The van der Waals surface area contributed by atoms with Gasteiger partial charge in [0.25, 0.3) is 11.1 Å². The number of hydrogen-bond donors (Lipinski definition) is 0. The van der Waals surface area contributed by atoms with Crippen LogP contribution in [0.15, 0.2) is 50.7 Å². The molecule has 0 aliphatic carbocycles. The fourth-order valence-corrected chi connectivity index (χ4v) is 5.04. The standard InChI is InChI=1S/C12H9F3IN3O.C9H3BrF3IN2O/c13-12(14,15)10-9(16)11(20)19-5-2-7(6-8(19)17-10)18-3-1-4-18;10-4-1-2-16-5(3-4)15-7(9(11,12)13)6(14)8(16)17/h2,5-6H,1,3-4H2;1-3H. The predicted molar refractivity (Wildman–Crippen MR) is 143 cm³/mol. The van der Waals surface area contributed by atoms with Crippen LogP contribution in [0.5, 0.6) is 0 Å². The number of rotatable bonds is 1. The second kappa shape index (κ2) is 10.3. The number of anilines is 1. The van der Waals surface area contributed by atoms with Crippen molar-refractivity contribution < 1.29 is 26.3 Å². The molecule has 5 heterocycles. The largest absolute Gasteiger partial charge is 0.434 e. The van der Waals surface area contributed by atoms with Crippen molar-refractivity contribution >= 4 is 78.1 Å². The monoisotopic (exact) mass is 813 g/mol. The van der Waals surface area contributed by atoms with Crippen molar-refractivity contribution in [2.24, 2.45) is 0 Å². The molecule has 4 aromatic heterocycles. The number of pyridine rings is 2. The van der Waals surface area contributed by atoms with E-state index in [9.17, 15) is 35.9 Å². The quantitative estimate of drug-likeness (QED) is 0.185. The molecule has 16 heteroatoms. The Balaban J connectivity index is 0.000000176. The molecule has 1 aliphatic rings. The van der Waals surface area contributed by atoms with Crippen molar-refractivity contribution in [3.8, 4) is 0 Å². The third-order valence-electron chi connectivity index (χ3n) is 5.25. The Bertz CT molecular complexity index is 1630. The van der Waals surface area contributed by atoms with Crippen LogP contribution in [0.25, 0.3) is 11.3 Å². The summed E-state index contributed by atoms with van der Waals surface area (Å²) in [5.74, 6) is 0. The molecule has 0 radical (unpaired) electrons. The van der Waals surface area contributed by atoms with Gasteiger partial charge in [-0.15, -0.1) is 0 Å². The van der Waals surface area contributed by atoms with Gasteiger partial charge in [0.05, 0.1) is 0 Å². The molecule has 0 unspecified atom stereocenters. The molecule has 5 rings (SSSR count). The molecule has 4 aromatic rings. The smallest absolute Gasteiger partial charge is 0.371 e. The number of alkyl halides is 6. The molecule has 1 saturated heterocycles. The average Bonchev–Trinajstić information content (AvgIpc) is 2.76. The van der Waals surface area contributed by atoms with E-state index in [-0.39, 0.29) is 11.3 Å². The van der Waals surface area contributed by atoms with E-state index in [4.69, 9.17) is 0 Å². The molecule has 1 aliphatic heterocycles. The summed E-state index contributed by atoms with van der Waals surface area (Å²) in [6.45, 7) is 1.74. The number of aromatic nitrogens is 4. The number of hydrogen-bond acceptors (Lipinski definition) is 5. The maximum Gasteiger partial charge on any atom is 0.434 e. The Hall–Kier alpha value is -1.96. The molecular formula is C21H12BrF6I2N5O2. The summed E-state index contributed by atoms with van der Waals surface area (Å²) in [6.07, 6.45) is -5.35. The molecule has 7 nitrogen and oxygen atoms in total. The zero-order chi connectivity index (χ0) is 27.3. The molecule has 37 heavy (non-hydrogen) atoms. The lowest BCUT2D eigenvalue weighted by molar-refractivity contribution is -0.142. The van der Waals surface area contributed by atoms with Crippen molar-refractivity contribution in [2.75, 3.05) is 18.0 Å². The van der Waals surface area contributed by atoms with E-state index >= 15 is 0 Å². The lowest BCUT2D eigenvalue weighted by Crippen LogP contribution is -2.37. The summed E-state index contributed by atoms with van der Waals surface area (Å²) in [5, 5.41) is 0. The van der Waals surface area contributed by atoms with Crippen molar-refractivity contribution in [1.29, 1.82) is 0 Å². The zero-order valence-corrected chi connectivity index (χ0v) is 23.9. The topological polar surface area (TPSA) is 72.0 Å². The molecule has 0 saturated carbocycles. The molecule has 196 valence electrons. The van der Waals surface area contributed by atoms with Crippen LogP contribution in [-0.2, 0) is 12.4 Å². The van der Waals surface area contributed by atoms with Crippen LogP contribution in [0.2, 0.25) is 0 Å². The fraction of sp³-hybridized carbons (Fsp3) is 0.238. The molecule has 0 amide bonds. The third-order valence-corrected chi connectivity index (χ3v) is 7.69. The summed E-state index contributed by atoms with van der Waals surface area (Å²) < 4.78 is 78.4. The van der Waals surface area contributed by atoms with Gasteiger partial charge in [-0.2, -0.15) is 26.3 Å². The third kappa shape index (κ3) is 5.74. The second-order valence-corrected chi connectivity index (χ2v) is 10.8. The highest BCUT2D eigenvalue weighted by atomic mass is 127. The highest BCUT2D eigenvalue weighted by molar-refractivity contribution is 14.1. The van der Waals surface area contributed by atoms with Crippen LogP contribution in [0.3, 0.4) is 0 Å². The minimum absolute atomic E-state index is 0.0205. The summed E-state index contributed by atoms with van der Waals surface area (Å²) in [6, 6.07) is 6.15. The van der Waals surface area contributed by atoms with E-state index < -0.39 is 42.0 Å². The Labute approximate surface area is 238 Å². The van der Waals surface area contributed by atoms with Crippen LogP contribution in [0.4, 0.5) is 32.0 Å². The first kappa shape index (κ1) is 28.1. The van der Waals surface area contributed by atoms with Gasteiger partial charge in [-0.3, -0.25) is 18.4 Å². The SMILES string of the molecule is O=c1c(I)c(C(F)(F)F)nc2cc(Br)ccn12.O=c1c(I)c(C(F)(F)F)nc2cc(N3CCC3)ccn12.